The van der Waals surface area contributed by atoms with E-state index in [1.165, 1.54) is 0 Å². The zero-order valence-electron chi connectivity index (χ0n) is 16.1. The Morgan fingerprint density at radius 2 is 1.83 bits per heavy atom. The first-order valence-corrected chi connectivity index (χ1v) is 10.3. The van der Waals surface area contributed by atoms with Crippen molar-refractivity contribution in [3.63, 3.8) is 0 Å². The van der Waals surface area contributed by atoms with Gasteiger partial charge in [-0.2, -0.15) is 0 Å². The number of fused-ring (bicyclic) bond motifs is 1. The molecule has 0 aliphatic carbocycles. The average Bonchev–Trinajstić information content (AvgIpc) is 2.74. The van der Waals surface area contributed by atoms with E-state index in [-0.39, 0.29) is 30.8 Å². The van der Waals surface area contributed by atoms with Crippen LogP contribution in [0, 0.1) is 5.92 Å². The summed E-state index contributed by atoms with van der Waals surface area (Å²) in [5, 5.41) is 3.30. The summed E-state index contributed by atoms with van der Waals surface area (Å²) < 4.78 is 0.752. The second kappa shape index (κ2) is 9.59. The van der Waals surface area contributed by atoms with Gasteiger partial charge >= 0.3 is 11.1 Å². The summed E-state index contributed by atoms with van der Waals surface area (Å²) in [6.45, 7) is 1.86. The van der Waals surface area contributed by atoms with Crippen molar-refractivity contribution in [2.45, 2.75) is 19.4 Å². The summed E-state index contributed by atoms with van der Waals surface area (Å²) in [4.78, 5) is 44.0. The van der Waals surface area contributed by atoms with Gasteiger partial charge < -0.3 is 20.2 Å². The maximum Gasteiger partial charge on any atom is 0.314 e. The van der Waals surface area contributed by atoms with E-state index >= 15 is 0 Å². The number of para-hydroxylation sites is 1. The third kappa shape index (κ3) is 4.66. The van der Waals surface area contributed by atoms with Crippen LogP contribution in [0.15, 0.2) is 56.5 Å². The van der Waals surface area contributed by atoms with E-state index in [1.807, 2.05) is 36.4 Å². The molecular formula is C21H22BrClN4O3. The Kier molecular flexibility index (Phi) is 7.12. The van der Waals surface area contributed by atoms with Crippen molar-refractivity contribution in [3.8, 4) is 0 Å². The highest BCUT2D eigenvalue weighted by Crippen LogP contribution is 2.26. The largest absolute Gasteiger partial charge is 0.316 e. The topological polar surface area (TPSA) is 98.1 Å². The van der Waals surface area contributed by atoms with Gasteiger partial charge in [0.1, 0.15) is 0 Å². The monoisotopic (exact) mass is 492 g/mol. The lowest BCUT2D eigenvalue weighted by Crippen LogP contribution is -2.43. The normalized spacial score (nSPS) is 16.1. The average molecular weight is 494 g/mol. The molecule has 7 nitrogen and oxygen atoms in total. The van der Waals surface area contributed by atoms with E-state index in [0.29, 0.717) is 17.6 Å². The standard InChI is InChI=1S/C21H21BrN4O3.ClH/c22-15-9-14(18-17(10-15)24-19(27)20(28)25-18)12-26(16-6-2-1-3-7-16)21(29)13-5-4-8-23-11-13;/h1-3,6-7,9-10,13,23H,4-5,8,11-12H2,(H,24,27)(H,25,28);1H. The number of hydrogen-bond donors (Lipinski definition) is 3. The van der Waals surface area contributed by atoms with Crippen molar-refractivity contribution >= 4 is 51.0 Å². The molecule has 0 radical (unpaired) electrons. The Bertz CT molecular complexity index is 1160. The summed E-state index contributed by atoms with van der Waals surface area (Å²) in [5.41, 5.74) is 1.15. The van der Waals surface area contributed by atoms with E-state index in [2.05, 4.69) is 31.2 Å². The lowest BCUT2D eigenvalue weighted by molar-refractivity contribution is -0.123. The van der Waals surface area contributed by atoms with Crippen LogP contribution in [-0.2, 0) is 11.3 Å². The molecule has 1 atom stereocenters. The zero-order chi connectivity index (χ0) is 20.4. The minimum absolute atomic E-state index is 0. The molecule has 1 aliphatic heterocycles. The molecule has 1 unspecified atom stereocenters. The van der Waals surface area contributed by atoms with Gasteiger partial charge in [0.15, 0.2) is 0 Å². The quantitative estimate of drug-likeness (QED) is 0.487. The van der Waals surface area contributed by atoms with E-state index in [9.17, 15) is 14.4 Å². The minimum Gasteiger partial charge on any atom is -0.316 e. The summed E-state index contributed by atoms with van der Waals surface area (Å²) >= 11 is 3.46. The number of piperidine rings is 1. The van der Waals surface area contributed by atoms with Crippen LogP contribution in [0.5, 0.6) is 0 Å². The van der Waals surface area contributed by atoms with Gasteiger partial charge in [0.2, 0.25) is 5.91 Å². The number of carbonyl (C=O) groups excluding carboxylic acids is 1. The van der Waals surface area contributed by atoms with Gasteiger partial charge in [-0.1, -0.05) is 34.1 Å². The van der Waals surface area contributed by atoms with Crippen molar-refractivity contribution in [1.29, 1.82) is 0 Å². The number of amides is 1. The number of nitrogens with one attached hydrogen (secondary N) is 3. The molecule has 1 aliphatic rings. The van der Waals surface area contributed by atoms with Gasteiger partial charge in [0, 0.05) is 16.7 Å². The lowest BCUT2D eigenvalue weighted by Gasteiger charge is -2.30. The molecule has 9 heteroatoms. The first-order chi connectivity index (χ1) is 14.0. The Balaban J connectivity index is 0.00000256. The van der Waals surface area contributed by atoms with E-state index < -0.39 is 11.1 Å². The van der Waals surface area contributed by atoms with Crippen molar-refractivity contribution in [1.82, 2.24) is 15.3 Å². The molecule has 1 amide bonds. The highest BCUT2D eigenvalue weighted by molar-refractivity contribution is 9.10. The van der Waals surface area contributed by atoms with Crippen LogP contribution in [0.3, 0.4) is 0 Å². The first kappa shape index (κ1) is 22.3. The Labute approximate surface area is 187 Å². The predicted molar refractivity (Wildman–Crippen MR) is 123 cm³/mol. The van der Waals surface area contributed by atoms with Gasteiger partial charge in [0.25, 0.3) is 0 Å². The van der Waals surface area contributed by atoms with Gasteiger partial charge in [-0.25, -0.2) is 0 Å². The molecule has 30 heavy (non-hydrogen) atoms. The molecule has 0 saturated carbocycles. The summed E-state index contributed by atoms with van der Waals surface area (Å²) in [7, 11) is 0. The maximum atomic E-state index is 13.4. The van der Waals surface area contributed by atoms with Crippen LogP contribution in [-0.4, -0.2) is 29.0 Å². The lowest BCUT2D eigenvalue weighted by atomic mass is 9.97. The SMILES string of the molecule is Cl.O=C(C1CCCNC1)N(Cc1cc(Br)cc2[nH]c(=O)c(=O)[nH]c12)c1ccccc1. The van der Waals surface area contributed by atoms with Crippen molar-refractivity contribution < 1.29 is 4.79 Å². The fraction of sp³-hybridized carbons (Fsp3) is 0.286. The zero-order valence-corrected chi connectivity index (χ0v) is 18.5. The predicted octanol–water partition coefficient (Wildman–Crippen LogP) is 2.93. The van der Waals surface area contributed by atoms with E-state index in [1.54, 1.807) is 11.0 Å². The molecule has 1 saturated heterocycles. The van der Waals surface area contributed by atoms with Crippen molar-refractivity contribution in [3.05, 3.63) is 73.2 Å². The van der Waals surface area contributed by atoms with Crippen LogP contribution in [0.2, 0.25) is 0 Å². The fourth-order valence-electron chi connectivity index (χ4n) is 3.74. The summed E-state index contributed by atoms with van der Waals surface area (Å²) in [6.07, 6.45) is 1.81. The van der Waals surface area contributed by atoms with Crippen molar-refractivity contribution in [2.75, 3.05) is 18.0 Å². The molecule has 2 aromatic carbocycles. The molecule has 3 aromatic rings. The smallest absolute Gasteiger partial charge is 0.314 e. The third-order valence-electron chi connectivity index (χ3n) is 5.19. The number of nitrogens with zero attached hydrogens (tertiary/aromatic N) is 1. The molecule has 1 fully saturated rings. The summed E-state index contributed by atoms with van der Waals surface area (Å²) in [5.74, 6) is -0.0514. The Morgan fingerprint density at radius 1 is 1.10 bits per heavy atom. The number of benzene rings is 2. The second-order valence-electron chi connectivity index (χ2n) is 7.20. The minimum atomic E-state index is -0.713. The number of halogens is 2. The fourth-order valence-corrected chi connectivity index (χ4v) is 4.25. The van der Waals surface area contributed by atoms with Gasteiger partial charge in [-0.05, 0) is 49.2 Å². The number of carbonyl (C=O) groups is 1. The van der Waals surface area contributed by atoms with Crippen LogP contribution in [0.25, 0.3) is 11.0 Å². The third-order valence-corrected chi connectivity index (χ3v) is 5.64. The molecule has 2 heterocycles. The van der Waals surface area contributed by atoms with Gasteiger partial charge in [-0.3, -0.25) is 14.4 Å². The number of aromatic nitrogens is 2. The van der Waals surface area contributed by atoms with Gasteiger partial charge in [0.05, 0.1) is 23.5 Å². The summed E-state index contributed by atoms with van der Waals surface area (Å²) in [6, 6.07) is 13.1. The first-order valence-electron chi connectivity index (χ1n) is 9.55. The molecule has 158 valence electrons. The number of aromatic amines is 2. The number of H-pyrrole nitrogens is 2. The number of rotatable bonds is 4. The second-order valence-corrected chi connectivity index (χ2v) is 8.11. The highest BCUT2D eigenvalue weighted by atomic mass is 79.9. The molecule has 1 aromatic heterocycles. The number of anilines is 1. The molecule has 3 N–H and O–H groups in total. The van der Waals surface area contributed by atoms with Crippen molar-refractivity contribution in [2.24, 2.45) is 5.92 Å². The molecule has 0 bridgehead atoms. The Hall–Kier alpha value is -2.42. The van der Waals surface area contributed by atoms with Crippen LogP contribution in [0.1, 0.15) is 18.4 Å². The number of hydrogen-bond acceptors (Lipinski definition) is 4. The maximum absolute atomic E-state index is 13.4. The van der Waals surface area contributed by atoms with Crippen LogP contribution in [0.4, 0.5) is 5.69 Å². The Morgan fingerprint density at radius 3 is 2.53 bits per heavy atom. The molecule has 0 spiro atoms. The molecular weight excluding hydrogens is 472 g/mol. The van der Waals surface area contributed by atoms with Crippen LogP contribution < -0.4 is 21.3 Å². The highest BCUT2D eigenvalue weighted by Gasteiger charge is 2.27. The van der Waals surface area contributed by atoms with E-state index in [0.717, 1.165) is 35.1 Å². The van der Waals surface area contributed by atoms with Gasteiger partial charge in [-0.15, -0.1) is 12.4 Å². The van der Waals surface area contributed by atoms with E-state index in [4.69, 9.17) is 0 Å². The van der Waals surface area contributed by atoms with Crippen LogP contribution >= 0.6 is 28.3 Å². The molecule has 4 rings (SSSR count).